The molecule has 206 valence electrons. The van der Waals surface area contributed by atoms with Gasteiger partial charge < -0.3 is 25.6 Å². The van der Waals surface area contributed by atoms with Crippen molar-refractivity contribution in [2.45, 2.75) is 44.6 Å². The van der Waals surface area contributed by atoms with Gasteiger partial charge in [-0.05, 0) is 61.7 Å². The number of benzene rings is 1. The molecule has 4 N–H and O–H groups in total. The van der Waals surface area contributed by atoms with E-state index >= 15 is 4.39 Å². The number of nitrogens with one attached hydrogen (secondary N) is 3. The minimum atomic E-state index is -0.528. The van der Waals surface area contributed by atoms with Gasteiger partial charge in [-0.25, -0.2) is 14.4 Å². The van der Waals surface area contributed by atoms with E-state index in [2.05, 4.69) is 30.5 Å². The highest BCUT2D eigenvalue weighted by Gasteiger charge is 2.22. The van der Waals surface area contributed by atoms with Crippen molar-refractivity contribution in [3.8, 4) is 11.3 Å². The molecule has 1 aromatic carbocycles. The van der Waals surface area contributed by atoms with Gasteiger partial charge in [0.05, 0.1) is 40.3 Å². The highest BCUT2D eigenvalue weighted by atomic mass is 19.1. The van der Waals surface area contributed by atoms with Gasteiger partial charge in [-0.3, -0.25) is 9.59 Å². The van der Waals surface area contributed by atoms with E-state index in [1.54, 1.807) is 36.5 Å². The predicted molar refractivity (Wildman–Crippen MR) is 153 cm³/mol. The van der Waals surface area contributed by atoms with Gasteiger partial charge in [-0.1, -0.05) is 19.3 Å². The largest absolute Gasteiger partial charge is 0.391 e. The number of carbonyl (C=O) groups is 1. The number of aliphatic hydroxyl groups is 1. The van der Waals surface area contributed by atoms with Crippen molar-refractivity contribution in [3.05, 3.63) is 71.0 Å². The third kappa shape index (κ3) is 5.40. The molecule has 2 aliphatic rings. The zero-order valence-corrected chi connectivity index (χ0v) is 22.0. The van der Waals surface area contributed by atoms with Crippen LogP contribution in [-0.2, 0) is 4.79 Å². The van der Waals surface area contributed by atoms with Crippen LogP contribution in [0.15, 0.2) is 59.7 Å². The lowest BCUT2D eigenvalue weighted by atomic mass is 9.88. The van der Waals surface area contributed by atoms with Gasteiger partial charge in [0.25, 0.3) is 5.56 Å². The van der Waals surface area contributed by atoms with Crippen molar-refractivity contribution >= 4 is 39.7 Å². The van der Waals surface area contributed by atoms with Gasteiger partial charge in [0.1, 0.15) is 11.6 Å². The summed E-state index contributed by atoms with van der Waals surface area (Å²) in [5.41, 5.74) is 2.40. The molecular weight excluding hydrogens is 511 g/mol. The van der Waals surface area contributed by atoms with Gasteiger partial charge >= 0.3 is 0 Å². The number of hydrogen-bond donors (Lipinski definition) is 4. The number of β-amino-alcohol motifs (C(OH)–C–C–N with tert-alkyl or cyclic N) is 1. The molecule has 1 saturated heterocycles. The van der Waals surface area contributed by atoms with Crippen LogP contribution in [-0.4, -0.2) is 45.2 Å². The zero-order chi connectivity index (χ0) is 27.6. The van der Waals surface area contributed by atoms with Crippen molar-refractivity contribution in [3.63, 3.8) is 0 Å². The summed E-state index contributed by atoms with van der Waals surface area (Å²) in [6, 6.07) is 11.6. The van der Waals surface area contributed by atoms with E-state index in [1.165, 1.54) is 12.3 Å². The molecule has 0 unspecified atom stereocenters. The average molecular weight is 543 g/mol. The Kier molecular flexibility index (Phi) is 7.17. The summed E-state index contributed by atoms with van der Waals surface area (Å²) in [5, 5.41) is 16.2. The quantitative estimate of drug-likeness (QED) is 0.272. The fraction of sp³-hybridized carbons (Fsp3) is 0.333. The van der Waals surface area contributed by atoms with Crippen LogP contribution in [0.1, 0.15) is 38.5 Å². The van der Waals surface area contributed by atoms with Gasteiger partial charge in [0.15, 0.2) is 0 Å². The van der Waals surface area contributed by atoms with Crippen LogP contribution in [0, 0.1) is 11.7 Å². The highest BCUT2D eigenvalue weighted by Crippen LogP contribution is 2.32. The summed E-state index contributed by atoms with van der Waals surface area (Å²) in [5.74, 6) is -0.124. The first-order valence-corrected chi connectivity index (χ1v) is 13.7. The lowest BCUT2D eigenvalue weighted by molar-refractivity contribution is -0.120. The first kappa shape index (κ1) is 25.9. The molecule has 0 spiro atoms. The number of amides is 1. The number of halogens is 1. The van der Waals surface area contributed by atoms with E-state index in [0.29, 0.717) is 40.3 Å². The number of fused-ring (bicyclic) bond motifs is 1. The van der Waals surface area contributed by atoms with Crippen LogP contribution in [0.5, 0.6) is 0 Å². The molecule has 10 heteroatoms. The standard InChI is InChI=1S/C30H31FN6O3/c31-23-14-19(34-29(39)18-4-2-1-3-5-18)6-8-22(23)25-15-26(28-24(35-25)10-12-32-30(28)40)36-27-9-7-20(16-33-27)37-13-11-21(38)17-37/h6-10,12,14-16,18,21,38H,1-5,11,13,17H2,(H,32,40)(H,34,39)(H,33,35,36)/t21-/m0/s1. The number of pyridine rings is 3. The molecule has 40 heavy (non-hydrogen) atoms. The Morgan fingerprint density at radius 2 is 1.93 bits per heavy atom. The Labute approximate surface area is 230 Å². The molecule has 1 aliphatic heterocycles. The zero-order valence-electron chi connectivity index (χ0n) is 22.0. The molecule has 1 amide bonds. The van der Waals surface area contributed by atoms with Crippen LogP contribution < -0.4 is 21.1 Å². The van der Waals surface area contributed by atoms with Crippen LogP contribution in [0.3, 0.4) is 0 Å². The molecule has 1 saturated carbocycles. The minimum absolute atomic E-state index is 0.0324. The SMILES string of the molecule is O=C(Nc1ccc(-c2cc(Nc3ccc(N4CC[C@H](O)C4)cn3)c3c(=O)[nH]ccc3n2)c(F)c1)C1CCCCC1. The topological polar surface area (TPSA) is 123 Å². The number of hydrogen-bond acceptors (Lipinski definition) is 7. The van der Waals surface area contributed by atoms with Gasteiger partial charge in [-0.15, -0.1) is 0 Å². The number of H-pyrrole nitrogens is 1. The molecule has 4 heterocycles. The van der Waals surface area contributed by atoms with E-state index < -0.39 is 5.82 Å². The lowest BCUT2D eigenvalue weighted by Crippen LogP contribution is -2.24. The van der Waals surface area contributed by atoms with E-state index in [-0.39, 0.29) is 29.1 Å². The maximum atomic E-state index is 15.4. The molecule has 0 bridgehead atoms. The first-order valence-electron chi connectivity index (χ1n) is 13.7. The van der Waals surface area contributed by atoms with E-state index in [1.807, 2.05) is 6.07 Å². The first-order chi connectivity index (χ1) is 19.4. The van der Waals surface area contributed by atoms with Gasteiger partial charge in [-0.2, -0.15) is 0 Å². The Bertz CT molecular complexity index is 1600. The van der Waals surface area contributed by atoms with Gasteiger partial charge in [0.2, 0.25) is 5.91 Å². The number of carbonyl (C=O) groups excluding carboxylic acids is 1. The number of nitrogens with zero attached hydrogens (tertiary/aromatic N) is 3. The predicted octanol–water partition coefficient (Wildman–Crippen LogP) is 4.96. The minimum Gasteiger partial charge on any atom is -0.391 e. The molecule has 6 rings (SSSR count). The molecule has 1 atom stereocenters. The fourth-order valence-electron chi connectivity index (χ4n) is 5.60. The molecular formula is C30H31FN6O3. The smallest absolute Gasteiger partial charge is 0.259 e. The maximum absolute atomic E-state index is 15.4. The summed E-state index contributed by atoms with van der Waals surface area (Å²) >= 11 is 0. The summed E-state index contributed by atoms with van der Waals surface area (Å²) in [7, 11) is 0. The molecule has 9 nitrogen and oxygen atoms in total. The number of rotatable bonds is 6. The Morgan fingerprint density at radius 3 is 2.65 bits per heavy atom. The second kappa shape index (κ2) is 11.1. The van der Waals surface area contributed by atoms with Crippen molar-refractivity contribution in [1.82, 2.24) is 15.0 Å². The molecule has 3 aromatic heterocycles. The van der Waals surface area contributed by atoms with E-state index in [0.717, 1.165) is 50.8 Å². The third-order valence-corrected chi connectivity index (χ3v) is 7.76. The van der Waals surface area contributed by atoms with Crippen molar-refractivity contribution in [2.75, 3.05) is 28.6 Å². The Morgan fingerprint density at radius 1 is 1.07 bits per heavy atom. The molecule has 2 fully saturated rings. The van der Waals surface area contributed by atoms with E-state index in [4.69, 9.17) is 0 Å². The van der Waals surface area contributed by atoms with Crippen LogP contribution >= 0.6 is 0 Å². The van der Waals surface area contributed by atoms with Crippen molar-refractivity contribution in [1.29, 1.82) is 0 Å². The monoisotopic (exact) mass is 542 g/mol. The summed E-state index contributed by atoms with van der Waals surface area (Å²) in [6.45, 7) is 1.33. The maximum Gasteiger partial charge on any atom is 0.259 e. The van der Waals surface area contributed by atoms with Crippen molar-refractivity contribution in [2.24, 2.45) is 5.92 Å². The van der Waals surface area contributed by atoms with Crippen LogP contribution in [0.25, 0.3) is 22.2 Å². The second-order valence-electron chi connectivity index (χ2n) is 10.6. The number of aliphatic hydroxyl groups excluding tert-OH is 1. The fourth-order valence-corrected chi connectivity index (χ4v) is 5.60. The Balaban J connectivity index is 1.28. The number of aromatic nitrogens is 3. The van der Waals surface area contributed by atoms with Crippen LogP contribution in [0.2, 0.25) is 0 Å². The van der Waals surface area contributed by atoms with E-state index in [9.17, 15) is 14.7 Å². The normalized spacial score (nSPS) is 17.8. The molecule has 1 aliphatic carbocycles. The molecule has 0 radical (unpaired) electrons. The van der Waals surface area contributed by atoms with Gasteiger partial charge in [0, 0.05) is 36.5 Å². The number of anilines is 4. The molecule has 4 aromatic rings. The summed E-state index contributed by atoms with van der Waals surface area (Å²) in [6.07, 6.45) is 8.56. The average Bonchev–Trinajstić information content (AvgIpc) is 3.40. The summed E-state index contributed by atoms with van der Waals surface area (Å²) < 4.78 is 15.4. The highest BCUT2D eigenvalue weighted by molar-refractivity contribution is 5.95. The lowest BCUT2D eigenvalue weighted by Gasteiger charge is -2.20. The number of aromatic amines is 1. The Hall–Kier alpha value is -4.31. The third-order valence-electron chi connectivity index (χ3n) is 7.76. The second-order valence-corrected chi connectivity index (χ2v) is 10.6. The van der Waals surface area contributed by atoms with Crippen LogP contribution in [0.4, 0.5) is 27.3 Å². The summed E-state index contributed by atoms with van der Waals surface area (Å²) in [4.78, 5) is 39.2. The van der Waals surface area contributed by atoms with Crippen molar-refractivity contribution < 1.29 is 14.3 Å².